The average Bonchev–Trinajstić information content (AvgIpc) is 2.66. The van der Waals surface area contributed by atoms with E-state index < -0.39 is 5.79 Å². The van der Waals surface area contributed by atoms with E-state index in [0.717, 1.165) is 25.0 Å². The Kier molecular flexibility index (Phi) is 4.68. The Balaban J connectivity index is 1.78. The second-order valence-corrected chi connectivity index (χ2v) is 6.66. The van der Waals surface area contributed by atoms with Gasteiger partial charge in [0.25, 0.3) is 0 Å². The van der Waals surface area contributed by atoms with Crippen molar-refractivity contribution in [2.75, 3.05) is 13.2 Å². The zero-order valence-corrected chi connectivity index (χ0v) is 12.4. The van der Waals surface area contributed by atoms with Crippen LogP contribution >= 0.6 is 0 Å². The minimum atomic E-state index is -0.392. The van der Waals surface area contributed by atoms with E-state index in [1.165, 1.54) is 25.7 Å². The molecule has 3 unspecified atom stereocenters. The number of hydrogen-bond acceptors (Lipinski definition) is 3. The van der Waals surface area contributed by atoms with Gasteiger partial charge < -0.3 is 14.8 Å². The predicted octanol–water partition coefficient (Wildman–Crippen LogP) is 2.94. The van der Waals surface area contributed by atoms with Gasteiger partial charge in [0.1, 0.15) is 0 Å². The molecule has 1 saturated heterocycles. The SMILES string of the molecule is CC(C)C1CCCCC1NCC1COC(C)(C)O1. The van der Waals surface area contributed by atoms with Crippen molar-refractivity contribution in [1.82, 2.24) is 5.32 Å². The first kappa shape index (κ1) is 14.3. The predicted molar refractivity (Wildman–Crippen MR) is 73.5 cm³/mol. The smallest absolute Gasteiger partial charge is 0.163 e. The summed E-state index contributed by atoms with van der Waals surface area (Å²) in [5.41, 5.74) is 0. The van der Waals surface area contributed by atoms with Crippen molar-refractivity contribution in [2.24, 2.45) is 11.8 Å². The van der Waals surface area contributed by atoms with Crippen LogP contribution in [0.2, 0.25) is 0 Å². The summed E-state index contributed by atoms with van der Waals surface area (Å²) < 4.78 is 11.5. The van der Waals surface area contributed by atoms with Gasteiger partial charge in [-0.25, -0.2) is 0 Å². The second kappa shape index (κ2) is 5.89. The van der Waals surface area contributed by atoms with Gasteiger partial charge in [0, 0.05) is 12.6 Å². The normalized spacial score (nSPS) is 36.2. The molecule has 0 bridgehead atoms. The zero-order valence-electron chi connectivity index (χ0n) is 12.4. The van der Waals surface area contributed by atoms with Crippen molar-refractivity contribution in [1.29, 1.82) is 0 Å². The Bertz CT molecular complexity index is 265. The highest BCUT2D eigenvalue weighted by molar-refractivity contribution is 4.84. The molecule has 3 heteroatoms. The topological polar surface area (TPSA) is 30.5 Å². The van der Waals surface area contributed by atoms with Gasteiger partial charge >= 0.3 is 0 Å². The highest BCUT2D eigenvalue weighted by Gasteiger charge is 2.34. The van der Waals surface area contributed by atoms with Crippen molar-refractivity contribution in [3.8, 4) is 0 Å². The molecule has 0 radical (unpaired) electrons. The van der Waals surface area contributed by atoms with Gasteiger partial charge in [0.05, 0.1) is 12.7 Å². The summed E-state index contributed by atoms with van der Waals surface area (Å²) in [6.07, 6.45) is 5.68. The first-order valence-electron chi connectivity index (χ1n) is 7.53. The molecule has 106 valence electrons. The van der Waals surface area contributed by atoms with Crippen LogP contribution in [0, 0.1) is 11.8 Å². The van der Waals surface area contributed by atoms with Crippen LogP contribution in [-0.4, -0.2) is 31.1 Å². The third-order valence-corrected chi connectivity index (χ3v) is 4.35. The first-order valence-corrected chi connectivity index (χ1v) is 7.53. The lowest BCUT2D eigenvalue weighted by molar-refractivity contribution is -0.138. The molecule has 2 rings (SSSR count). The standard InChI is InChI=1S/C15H29NO2/c1-11(2)13-7-5-6-8-14(13)16-9-12-10-17-15(3,4)18-12/h11-14,16H,5-10H2,1-4H3. The molecule has 3 nitrogen and oxygen atoms in total. The lowest BCUT2D eigenvalue weighted by atomic mass is 9.78. The molecule has 1 N–H and O–H groups in total. The van der Waals surface area contributed by atoms with Gasteiger partial charge in [-0.15, -0.1) is 0 Å². The largest absolute Gasteiger partial charge is 0.348 e. The van der Waals surface area contributed by atoms with Crippen molar-refractivity contribution in [3.05, 3.63) is 0 Å². The van der Waals surface area contributed by atoms with Crippen LogP contribution in [-0.2, 0) is 9.47 Å². The van der Waals surface area contributed by atoms with E-state index in [1.807, 2.05) is 13.8 Å². The van der Waals surface area contributed by atoms with E-state index in [2.05, 4.69) is 19.2 Å². The van der Waals surface area contributed by atoms with E-state index in [-0.39, 0.29) is 6.10 Å². The quantitative estimate of drug-likeness (QED) is 0.838. The van der Waals surface area contributed by atoms with Gasteiger partial charge in [-0.2, -0.15) is 0 Å². The fourth-order valence-electron chi connectivity index (χ4n) is 3.36. The highest BCUT2D eigenvalue weighted by Crippen LogP contribution is 2.30. The summed E-state index contributed by atoms with van der Waals surface area (Å²) in [6, 6.07) is 0.672. The number of rotatable bonds is 4. The maximum atomic E-state index is 5.85. The van der Waals surface area contributed by atoms with E-state index in [1.54, 1.807) is 0 Å². The van der Waals surface area contributed by atoms with Gasteiger partial charge in [-0.05, 0) is 38.5 Å². The Labute approximate surface area is 112 Å². The first-order chi connectivity index (χ1) is 8.48. The third kappa shape index (κ3) is 3.69. The molecule has 3 atom stereocenters. The van der Waals surface area contributed by atoms with Crippen LogP contribution in [0.3, 0.4) is 0 Å². The van der Waals surface area contributed by atoms with Crippen LogP contribution in [0.15, 0.2) is 0 Å². The fraction of sp³-hybridized carbons (Fsp3) is 1.00. The van der Waals surface area contributed by atoms with Crippen LogP contribution in [0.1, 0.15) is 53.4 Å². The summed E-state index contributed by atoms with van der Waals surface area (Å²) in [7, 11) is 0. The van der Waals surface area contributed by atoms with Crippen molar-refractivity contribution < 1.29 is 9.47 Å². The fourth-order valence-corrected chi connectivity index (χ4v) is 3.36. The zero-order chi connectivity index (χ0) is 13.2. The lowest BCUT2D eigenvalue weighted by Gasteiger charge is -2.35. The number of ether oxygens (including phenoxy) is 2. The van der Waals surface area contributed by atoms with Gasteiger partial charge in [-0.3, -0.25) is 0 Å². The average molecular weight is 255 g/mol. The molecular weight excluding hydrogens is 226 g/mol. The summed E-state index contributed by atoms with van der Waals surface area (Å²) in [4.78, 5) is 0. The van der Waals surface area contributed by atoms with E-state index in [4.69, 9.17) is 9.47 Å². The van der Waals surface area contributed by atoms with Crippen molar-refractivity contribution in [2.45, 2.75) is 71.3 Å². The molecular formula is C15H29NO2. The molecule has 1 heterocycles. The molecule has 0 aromatic heterocycles. The highest BCUT2D eigenvalue weighted by atomic mass is 16.7. The van der Waals surface area contributed by atoms with Crippen molar-refractivity contribution >= 4 is 0 Å². The molecule has 18 heavy (non-hydrogen) atoms. The minimum Gasteiger partial charge on any atom is -0.348 e. The Morgan fingerprint density at radius 2 is 1.94 bits per heavy atom. The molecule has 2 fully saturated rings. The van der Waals surface area contributed by atoms with E-state index >= 15 is 0 Å². The Hall–Kier alpha value is -0.120. The molecule has 0 aromatic carbocycles. The van der Waals surface area contributed by atoms with Crippen LogP contribution in [0.5, 0.6) is 0 Å². The third-order valence-electron chi connectivity index (χ3n) is 4.35. The summed E-state index contributed by atoms with van der Waals surface area (Å²) in [5, 5.41) is 3.73. The minimum absolute atomic E-state index is 0.217. The van der Waals surface area contributed by atoms with Crippen LogP contribution in [0.4, 0.5) is 0 Å². The van der Waals surface area contributed by atoms with Crippen molar-refractivity contribution in [3.63, 3.8) is 0 Å². The number of hydrogen-bond donors (Lipinski definition) is 1. The maximum Gasteiger partial charge on any atom is 0.163 e. The van der Waals surface area contributed by atoms with Crippen LogP contribution in [0.25, 0.3) is 0 Å². The van der Waals surface area contributed by atoms with E-state index in [9.17, 15) is 0 Å². The molecule has 0 aromatic rings. The number of nitrogens with one attached hydrogen (secondary N) is 1. The molecule has 1 saturated carbocycles. The molecule has 1 aliphatic heterocycles. The summed E-state index contributed by atoms with van der Waals surface area (Å²) in [6.45, 7) is 10.3. The van der Waals surface area contributed by atoms with E-state index in [0.29, 0.717) is 6.04 Å². The second-order valence-electron chi connectivity index (χ2n) is 6.66. The van der Waals surface area contributed by atoms with Gasteiger partial charge in [-0.1, -0.05) is 26.7 Å². The molecule has 2 aliphatic rings. The monoisotopic (exact) mass is 255 g/mol. The summed E-state index contributed by atoms with van der Waals surface area (Å²) >= 11 is 0. The maximum absolute atomic E-state index is 5.85. The summed E-state index contributed by atoms with van der Waals surface area (Å²) in [5.74, 6) is 1.21. The molecule has 0 spiro atoms. The lowest BCUT2D eigenvalue weighted by Crippen LogP contribution is -2.44. The van der Waals surface area contributed by atoms with Gasteiger partial charge in [0.15, 0.2) is 5.79 Å². The van der Waals surface area contributed by atoms with Crippen LogP contribution < -0.4 is 5.32 Å². The Morgan fingerprint density at radius 3 is 2.56 bits per heavy atom. The molecule has 0 amide bonds. The van der Waals surface area contributed by atoms with Gasteiger partial charge in [0.2, 0.25) is 0 Å². The molecule has 1 aliphatic carbocycles. The Morgan fingerprint density at radius 1 is 1.22 bits per heavy atom.